The summed E-state index contributed by atoms with van der Waals surface area (Å²) in [5, 5.41) is 1.19. The maximum Gasteiger partial charge on any atom is 0.274 e. The lowest BCUT2D eigenvalue weighted by Gasteiger charge is -2.20. The number of carbonyl (C=O) groups is 1. The molecule has 5 heteroatoms. The standard InChI is InChI=1S/C22H24N4O/c1-16-13-24-21(15-23-16)22(27)26-9-4-5-17(8-10-26)11-18-12-19-6-2-3-7-20(19)25-14-18/h2-3,6-7,12-15,17H,4-5,8-11H2,1H3/t17-/m0/s1. The van der Waals surface area contributed by atoms with Gasteiger partial charge in [0, 0.05) is 30.9 Å². The van der Waals surface area contributed by atoms with Gasteiger partial charge in [0.25, 0.3) is 5.91 Å². The van der Waals surface area contributed by atoms with Crippen LogP contribution in [-0.2, 0) is 6.42 Å². The Balaban J connectivity index is 1.40. The quantitative estimate of drug-likeness (QED) is 0.712. The molecule has 2 aromatic heterocycles. The molecule has 27 heavy (non-hydrogen) atoms. The third kappa shape index (κ3) is 4.13. The summed E-state index contributed by atoms with van der Waals surface area (Å²) in [4.78, 5) is 27.6. The van der Waals surface area contributed by atoms with E-state index in [0.29, 0.717) is 11.6 Å². The highest BCUT2D eigenvalue weighted by Gasteiger charge is 2.22. The second-order valence-corrected chi connectivity index (χ2v) is 7.37. The Bertz CT molecular complexity index is 938. The summed E-state index contributed by atoms with van der Waals surface area (Å²) < 4.78 is 0. The monoisotopic (exact) mass is 360 g/mol. The number of fused-ring (bicyclic) bond motifs is 1. The first-order chi connectivity index (χ1) is 13.2. The molecule has 0 radical (unpaired) electrons. The van der Waals surface area contributed by atoms with Crippen LogP contribution in [-0.4, -0.2) is 38.8 Å². The van der Waals surface area contributed by atoms with Crippen molar-refractivity contribution in [2.24, 2.45) is 5.92 Å². The van der Waals surface area contributed by atoms with Gasteiger partial charge in [0.1, 0.15) is 5.69 Å². The van der Waals surface area contributed by atoms with Gasteiger partial charge in [0.15, 0.2) is 0 Å². The molecule has 0 N–H and O–H groups in total. The van der Waals surface area contributed by atoms with E-state index in [1.54, 1.807) is 12.4 Å². The van der Waals surface area contributed by atoms with Crippen LogP contribution in [0.25, 0.3) is 10.9 Å². The molecule has 1 aromatic carbocycles. The number of benzene rings is 1. The molecule has 4 rings (SSSR count). The molecule has 3 aromatic rings. The summed E-state index contributed by atoms with van der Waals surface area (Å²) in [5.74, 6) is 0.574. The van der Waals surface area contributed by atoms with Crippen molar-refractivity contribution in [3.63, 3.8) is 0 Å². The Hall–Kier alpha value is -2.82. The van der Waals surface area contributed by atoms with Crippen LogP contribution in [0.1, 0.15) is 41.0 Å². The first-order valence-corrected chi connectivity index (χ1v) is 9.60. The SMILES string of the molecule is Cc1cnc(C(=O)N2CCC[C@H](Cc3cnc4ccccc4c3)CC2)cn1. The zero-order valence-electron chi connectivity index (χ0n) is 15.6. The highest BCUT2D eigenvalue weighted by molar-refractivity contribution is 5.92. The van der Waals surface area contributed by atoms with Crippen LogP contribution in [0, 0.1) is 12.8 Å². The van der Waals surface area contributed by atoms with Crippen molar-refractivity contribution in [2.75, 3.05) is 13.1 Å². The van der Waals surface area contributed by atoms with Crippen molar-refractivity contribution in [3.8, 4) is 0 Å². The third-order valence-corrected chi connectivity index (χ3v) is 5.31. The number of likely N-dealkylation sites (tertiary alicyclic amines) is 1. The van der Waals surface area contributed by atoms with Crippen molar-refractivity contribution in [1.29, 1.82) is 0 Å². The molecule has 1 aliphatic rings. The summed E-state index contributed by atoms with van der Waals surface area (Å²) in [6.45, 7) is 3.44. The maximum absolute atomic E-state index is 12.7. The summed E-state index contributed by atoms with van der Waals surface area (Å²) in [6.07, 6.45) is 9.42. The number of hydrogen-bond donors (Lipinski definition) is 0. The van der Waals surface area contributed by atoms with Crippen LogP contribution >= 0.6 is 0 Å². The highest BCUT2D eigenvalue weighted by Crippen LogP contribution is 2.24. The number of pyridine rings is 1. The van der Waals surface area contributed by atoms with E-state index in [9.17, 15) is 4.79 Å². The smallest absolute Gasteiger partial charge is 0.274 e. The van der Waals surface area contributed by atoms with Gasteiger partial charge in [0.05, 0.1) is 17.4 Å². The lowest BCUT2D eigenvalue weighted by molar-refractivity contribution is 0.0753. The van der Waals surface area contributed by atoms with E-state index in [4.69, 9.17) is 0 Å². The second kappa shape index (κ2) is 7.82. The van der Waals surface area contributed by atoms with Gasteiger partial charge in [0.2, 0.25) is 0 Å². The Morgan fingerprint density at radius 3 is 2.81 bits per heavy atom. The molecule has 1 atom stereocenters. The van der Waals surface area contributed by atoms with Gasteiger partial charge in [-0.3, -0.25) is 14.8 Å². The second-order valence-electron chi connectivity index (χ2n) is 7.37. The predicted octanol–water partition coefficient (Wildman–Crippen LogP) is 3.82. The molecule has 1 amide bonds. The minimum absolute atomic E-state index is 0.00415. The number of aryl methyl sites for hydroxylation is 1. The Kier molecular flexibility index (Phi) is 5.10. The van der Waals surface area contributed by atoms with Gasteiger partial charge in [-0.25, -0.2) is 4.98 Å². The van der Waals surface area contributed by atoms with Crippen molar-refractivity contribution in [2.45, 2.75) is 32.6 Å². The summed E-state index contributed by atoms with van der Waals surface area (Å²) in [7, 11) is 0. The van der Waals surface area contributed by atoms with Crippen LogP contribution in [0.4, 0.5) is 0 Å². The van der Waals surface area contributed by atoms with Gasteiger partial charge in [-0.2, -0.15) is 0 Å². The fraction of sp³-hybridized carbons (Fsp3) is 0.364. The molecule has 0 aliphatic carbocycles. The lowest BCUT2D eigenvalue weighted by Crippen LogP contribution is -2.32. The van der Waals surface area contributed by atoms with Crippen molar-refractivity contribution >= 4 is 16.8 Å². The van der Waals surface area contributed by atoms with E-state index in [2.05, 4.69) is 33.2 Å². The Morgan fingerprint density at radius 1 is 1.07 bits per heavy atom. The summed E-state index contributed by atoms with van der Waals surface area (Å²) in [6, 6.07) is 10.5. The van der Waals surface area contributed by atoms with Crippen LogP contribution in [0.2, 0.25) is 0 Å². The minimum atomic E-state index is -0.00415. The molecule has 0 unspecified atom stereocenters. The molecule has 0 saturated carbocycles. The number of amides is 1. The zero-order valence-corrected chi connectivity index (χ0v) is 15.6. The van der Waals surface area contributed by atoms with E-state index in [-0.39, 0.29) is 5.91 Å². The van der Waals surface area contributed by atoms with Gasteiger partial charge in [-0.1, -0.05) is 18.2 Å². The van der Waals surface area contributed by atoms with E-state index >= 15 is 0 Å². The van der Waals surface area contributed by atoms with Crippen molar-refractivity contribution in [1.82, 2.24) is 19.9 Å². The third-order valence-electron chi connectivity index (χ3n) is 5.31. The van der Waals surface area contributed by atoms with Crippen LogP contribution < -0.4 is 0 Å². The summed E-state index contributed by atoms with van der Waals surface area (Å²) in [5.41, 5.74) is 3.59. The van der Waals surface area contributed by atoms with E-state index in [0.717, 1.165) is 50.0 Å². The van der Waals surface area contributed by atoms with Crippen molar-refractivity contribution < 1.29 is 4.79 Å². The van der Waals surface area contributed by atoms with Gasteiger partial charge in [-0.15, -0.1) is 0 Å². The van der Waals surface area contributed by atoms with E-state index in [1.165, 1.54) is 10.9 Å². The lowest BCUT2D eigenvalue weighted by atomic mass is 9.93. The van der Waals surface area contributed by atoms with Crippen LogP contribution in [0.3, 0.4) is 0 Å². The van der Waals surface area contributed by atoms with Crippen LogP contribution in [0.15, 0.2) is 48.9 Å². The normalized spacial score (nSPS) is 17.7. The molecule has 0 bridgehead atoms. The Labute approximate surface area is 159 Å². The van der Waals surface area contributed by atoms with Gasteiger partial charge >= 0.3 is 0 Å². The molecule has 1 fully saturated rings. The van der Waals surface area contributed by atoms with Gasteiger partial charge in [-0.05, 0) is 56.2 Å². The number of nitrogens with zero attached hydrogens (tertiary/aromatic N) is 4. The fourth-order valence-corrected chi connectivity index (χ4v) is 3.80. The molecular formula is C22H24N4O. The topological polar surface area (TPSA) is 59.0 Å². The highest BCUT2D eigenvalue weighted by atomic mass is 16.2. The molecule has 138 valence electrons. The number of hydrogen-bond acceptors (Lipinski definition) is 4. The summed E-state index contributed by atoms with van der Waals surface area (Å²) >= 11 is 0. The number of carbonyl (C=O) groups excluding carboxylic acids is 1. The molecular weight excluding hydrogens is 336 g/mol. The molecule has 5 nitrogen and oxygen atoms in total. The van der Waals surface area contributed by atoms with E-state index in [1.807, 2.05) is 30.2 Å². The first kappa shape index (κ1) is 17.6. The molecule has 1 aliphatic heterocycles. The minimum Gasteiger partial charge on any atom is -0.337 e. The molecule has 1 saturated heterocycles. The van der Waals surface area contributed by atoms with Gasteiger partial charge < -0.3 is 4.90 Å². The molecule has 0 spiro atoms. The number of para-hydroxylation sites is 1. The number of rotatable bonds is 3. The Morgan fingerprint density at radius 2 is 1.96 bits per heavy atom. The molecule has 3 heterocycles. The number of aromatic nitrogens is 3. The van der Waals surface area contributed by atoms with Crippen molar-refractivity contribution in [3.05, 3.63) is 65.9 Å². The first-order valence-electron chi connectivity index (χ1n) is 9.60. The fourth-order valence-electron chi connectivity index (χ4n) is 3.80. The predicted molar refractivity (Wildman–Crippen MR) is 105 cm³/mol. The maximum atomic E-state index is 12.7. The largest absolute Gasteiger partial charge is 0.337 e. The van der Waals surface area contributed by atoms with Crippen LogP contribution in [0.5, 0.6) is 0 Å². The van der Waals surface area contributed by atoms with E-state index < -0.39 is 0 Å². The average molecular weight is 360 g/mol. The average Bonchev–Trinajstić information content (AvgIpc) is 2.93. The zero-order chi connectivity index (χ0) is 18.6.